The third-order valence-corrected chi connectivity index (χ3v) is 1.83. The fraction of sp³-hybridized carbons (Fsp3) is 0.100. The maximum Gasteiger partial charge on any atom is 0.186 e. The third kappa shape index (κ3) is 2.33. The molecule has 0 aliphatic heterocycles. The number of aromatic hydroxyl groups is 1. The minimum absolute atomic E-state index is 0.119. The Hall–Kier alpha value is -1.28. The summed E-state index contributed by atoms with van der Waals surface area (Å²) >= 11 is 5.25. The highest BCUT2D eigenvalue weighted by molar-refractivity contribution is 6.27. The van der Waals surface area contributed by atoms with Gasteiger partial charge >= 0.3 is 0 Å². The number of carbonyl (C=O) groups excluding carboxylic acids is 1. The van der Waals surface area contributed by atoms with Crippen molar-refractivity contribution < 1.29 is 9.90 Å². The SMILES string of the molecule is Cc1ccc(C(=O)/C=C/Cl)cc1O. The molecule has 0 spiro atoms. The maximum atomic E-state index is 11.2. The summed E-state index contributed by atoms with van der Waals surface area (Å²) in [5.74, 6) is -0.0980. The molecule has 2 nitrogen and oxygen atoms in total. The molecule has 0 fully saturated rings. The van der Waals surface area contributed by atoms with E-state index in [9.17, 15) is 9.90 Å². The molecule has 1 N–H and O–H groups in total. The molecule has 0 radical (unpaired) electrons. The van der Waals surface area contributed by atoms with Crippen LogP contribution in [-0.2, 0) is 0 Å². The van der Waals surface area contributed by atoms with E-state index in [4.69, 9.17) is 11.6 Å². The number of benzene rings is 1. The summed E-state index contributed by atoms with van der Waals surface area (Å²) in [5, 5.41) is 9.31. The standard InChI is InChI=1S/C10H9ClO2/c1-7-2-3-8(6-10(7)13)9(12)4-5-11/h2-6,13H,1H3/b5-4+. The van der Waals surface area contributed by atoms with Crippen LogP contribution in [0.1, 0.15) is 15.9 Å². The molecular weight excluding hydrogens is 188 g/mol. The van der Waals surface area contributed by atoms with Crippen LogP contribution in [0.4, 0.5) is 0 Å². The number of aryl methyl sites for hydroxylation is 1. The highest BCUT2D eigenvalue weighted by Crippen LogP contribution is 2.17. The van der Waals surface area contributed by atoms with Gasteiger partial charge in [-0.15, -0.1) is 0 Å². The number of phenolic OH excluding ortho intramolecular Hbond substituents is 1. The molecule has 0 aliphatic carbocycles. The van der Waals surface area contributed by atoms with E-state index in [0.717, 1.165) is 11.1 Å². The van der Waals surface area contributed by atoms with Crippen LogP contribution in [0.2, 0.25) is 0 Å². The molecule has 0 heterocycles. The van der Waals surface area contributed by atoms with Crippen molar-refractivity contribution in [1.29, 1.82) is 0 Å². The van der Waals surface area contributed by atoms with Crippen LogP contribution in [0, 0.1) is 6.92 Å². The summed E-state index contributed by atoms with van der Waals surface area (Å²) in [7, 11) is 0. The van der Waals surface area contributed by atoms with Crippen molar-refractivity contribution in [2.75, 3.05) is 0 Å². The third-order valence-electron chi connectivity index (χ3n) is 1.71. The van der Waals surface area contributed by atoms with Crippen molar-refractivity contribution in [3.05, 3.63) is 40.9 Å². The Morgan fingerprint density at radius 1 is 1.54 bits per heavy atom. The van der Waals surface area contributed by atoms with Crippen molar-refractivity contribution in [3.8, 4) is 5.75 Å². The average Bonchev–Trinajstić information content (AvgIpc) is 2.10. The lowest BCUT2D eigenvalue weighted by atomic mass is 10.1. The molecule has 68 valence electrons. The van der Waals surface area contributed by atoms with E-state index >= 15 is 0 Å². The molecule has 0 saturated carbocycles. The molecule has 0 aromatic heterocycles. The van der Waals surface area contributed by atoms with Gasteiger partial charge in [-0.25, -0.2) is 0 Å². The molecule has 1 rings (SSSR count). The second-order valence-electron chi connectivity index (χ2n) is 2.66. The summed E-state index contributed by atoms with van der Waals surface area (Å²) in [4.78, 5) is 11.2. The van der Waals surface area contributed by atoms with E-state index < -0.39 is 0 Å². The Morgan fingerprint density at radius 3 is 2.77 bits per heavy atom. The number of carbonyl (C=O) groups is 1. The van der Waals surface area contributed by atoms with Crippen LogP contribution in [0.5, 0.6) is 5.75 Å². The van der Waals surface area contributed by atoms with Crippen LogP contribution in [0.15, 0.2) is 29.8 Å². The minimum Gasteiger partial charge on any atom is -0.508 e. The molecule has 0 atom stereocenters. The fourth-order valence-electron chi connectivity index (χ4n) is 0.916. The highest BCUT2D eigenvalue weighted by Gasteiger charge is 2.03. The summed E-state index contributed by atoms with van der Waals surface area (Å²) in [6.07, 6.45) is 1.24. The number of phenols is 1. The van der Waals surface area contributed by atoms with Crippen LogP contribution < -0.4 is 0 Å². The molecular formula is C10H9ClO2. The largest absolute Gasteiger partial charge is 0.508 e. The molecule has 3 heteroatoms. The van der Waals surface area contributed by atoms with Gasteiger partial charge in [-0.3, -0.25) is 4.79 Å². The molecule has 0 saturated heterocycles. The van der Waals surface area contributed by atoms with Crippen LogP contribution in [0.3, 0.4) is 0 Å². The van der Waals surface area contributed by atoms with Gasteiger partial charge in [0, 0.05) is 11.1 Å². The fourth-order valence-corrected chi connectivity index (χ4v) is 1.03. The first-order valence-corrected chi connectivity index (χ1v) is 4.19. The normalized spacial score (nSPS) is 10.6. The molecule has 0 amide bonds. The summed E-state index contributed by atoms with van der Waals surface area (Å²) < 4.78 is 0. The predicted molar refractivity (Wildman–Crippen MR) is 52.2 cm³/mol. The van der Waals surface area contributed by atoms with Gasteiger partial charge in [0.25, 0.3) is 0 Å². The first kappa shape index (κ1) is 9.81. The molecule has 1 aromatic carbocycles. The Labute approximate surface area is 81.5 Å². The summed E-state index contributed by atoms with van der Waals surface area (Å²) in [5.41, 5.74) is 2.32. The van der Waals surface area contributed by atoms with E-state index in [1.807, 2.05) is 0 Å². The number of halogens is 1. The molecule has 1 aromatic rings. The minimum atomic E-state index is -0.217. The Kier molecular flexibility index (Phi) is 3.09. The molecule has 0 aliphatic rings. The zero-order valence-corrected chi connectivity index (χ0v) is 7.88. The number of rotatable bonds is 2. The van der Waals surface area contributed by atoms with Crippen molar-refractivity contribution >= 4 is 17.4 Å². The highest BCUT2D eigenvalue weighted by atomic mass is 35.5. The van der Waals surface area contributed by atoms with Gasteiger partial charge in [-0.2, -0.15) is 0 Å². The van der Waals surface area contributed by atoms with Crippen LogP contribution in [-0.4, -0.2) is 10.9 Å². The van der Waals surface area contributed by atoms with Crippen molar-refractivity contribution in [1.82, 2.24) is 0 Å². The second kappa shape index (κ2) is 4.10. The van der Waals surface area contributed by atoms with Gasteiger partial charge < -0.3 is 5.11 Å². The number of ketones is 1. The molecule has 0 unspecified atom stereocenters. The number of hydrogen-bond acceptors (Lipinski definition) is 2. The zero-order valence-electron chi connectivity index (χ0n) is 7.12. The van der Waals surface area contributed by atoms with Gasteiger partial charge in [-0.05, 0) is 24.6 Å². The lowest BCUT2D eigenvalue weighted by Gasteiger charge is -1.99. The smallest absolute Gasteiger partial charge is 0.186 e. The van der Waals surface area contributed by atoms with E-state index in [0.29, 0.717) is 5.56 Å². The molecule has 13 heavy (non-hydrogen) atoms. The van der Waals surface area contributed by atoms with Crippen molar-refractivity contribution in [3.63, 3.8) is 0 Å². The van der Waals surface area contributed by atoms with Gasteiger partial charge in [0.05, 0.1) is 0 Å². The first-order valence-electron chi connectivity index (χ1n) is 3.76. The van der Waals surface area contributed by atoms with Crippen LogP contribution in [0.25, 0.3) is 0 Å². The second-order valence-corrected chi connectivity index (χ2v) is 2.91. The molecule has 0 bridgehead atoms. The van der Waals surface area contributed by atoms with Gasteiger partial charge in [-0.1, -0.05) is 23.7 Å². The van der Waals surface area contributed by atoms with E-state index in [1.165, 1.54) is 12.1 Å². The van der Waals surface area contributed by atoms with Gasteiger partial charge in [0.1, 0.15) is 5.75 Å². The van der Waals surface area contributed by atoms with Crippen molar-refractivity contribution in [2.24, 2.45) is 0 Å². The van der Waals surface area contributed by atoms with E-state index in [1.54, 1.807) is 19.1 Å². The maximum absolute atomic E-state index is 11.2. The van der Waals surface area contributed by atoms with E-state index in [-0.39, 0.29) is 11.5 Å². The van der Waals surface area contributed by atoms with Gasteiger partial charge in [0.2, 0.25) is 0 Å². The van der Waals surface area contributed by atoms with E-state index in [2.05, 4.69) is 0 Å². The topological polar surface area (TPSA) is 37.3 Å². The zero-order chi connectivity index (χ0) is 9.84. The number of allylic oxidation sites excluding steroid dienone is 1. The van der Waals surface area contributed by atoms with Gasteiger partial charge in [0.15, 0.2) is 5.78 Å². The van der Waals surface area contributed by atoms with Crippen molar-refractivity contribution in [2.45, 2.75) is 6.92 Å². The Morgan fingerprint density at radius 2 is 2.23 bits per heavy atom. The number of hydrogen-bond donors (Lipinski definition) is 1. The Balaban J connectivity index is 3.04. The monoisotopic (exact) mass is 196 g/mol. The first-order chi connectivity index (χ1) is 6.15. The quantitative estimate of drug-likeness (QED) is 0.583. The lowest BCUT2D eigenvalue weighted by molar-refractivity contribution is 0.104. The van der Waals surface area contributed by atoms with Crippen LogP contribution >= 0.6 is 11.6 Å². The summed E-state index contributed by atoms with van der Waals surface area (Å²) in [6, 6.07) is 4.76. The Bertz CT molecular complexity index is 356. The predicted octanol–water partition coefficient (Wildman–Crippen LogP) is 2.64. The average molecular weight is 197 g/mol. The lowest BCUT2D eigenvalue weighted by Crippen LogP contribution is -1.93. The summed E-state index contributed by atoms with van der Waals surface area (Å²) in [6.45, 7) is 1.76.